The average molecular weight is 388 g/mol. The minimum atomic E-state index is -0.150. The summed E-state index contributed by atoms with van der Waals surface area (Å²) in [6.07, 6.45) is 4.87. The molecular formula is C20H25N3O3S. The number of hydrogen-bond acceptors (Lipinski definition) is 6. The first kappa shape index (κ1) is 18.4. The van der Waals surface area contributed by atoms with Crippen LogP contribution in [0.1, 0.15) is 41.7 Å². The van der Waals surface area contributed by atoms with Gasteiger partial charge in [0.15, 0.2) is 5.13 Å². The van der Waals surface area contributed by atoms with Gasteiger partial charge < -0.3 is 9.47 Å². The maximum Gasteiger partial charge on any atom is 0.257 e. The van der Waals surface area contributed by atoms with Gasteiger partial charge in [-0.05, 0) is 63.0 Å². The Morgan fingerprint density at radius 3 is 2.81 bits per heavy atom. The standard InChI is InChI=1S/C20H25N3O3S/c24-19(22-20-21-16(14-27-20)12-23-9-1-2-10-23)15-5-7-17(8-6-15)26-13-18-4-3-11-25-18/h5-8,14,18H,1-4,9-13H2,(H,21,22,24). The van der Waals surface area contributed by atoms with Gasteiger partial charge >= 0.3 is 0 Å². The van der Waals surface area contributed by atoms with Crippen LogP contribution in [-0.2, 0) is 11.3 Å². The normalized spacial score (nSPS) is 20.1. The SMILES string of the molecule is O=C(Nc1nc(CN2CCCC2)cs1)c1ccc(OCC2CCCO2)cc1. The van der Waals surface area contributed by atoms with Crippen molar-refractivity contribution in [3.05, 3.63) is 40.9 Å². The minimum Gasteiger partial charge on any atom is -0.491 e. The van der Waals surface area contributed by atoms with E-state index in [2.05, 4.69) is 15.2 Å². The Balaban J connectivity index is 1.28. The number of anilines is 1. The Bertz CT molecular complexity index is 750. The molecule has 3 heterocycles. The third-order valence-corrected chi connectivity index (χ3v) is 5.74. The summed E-state index contributed by atoms with van der Waals surface area (Å²) < 4.78 is 11.3. The first-order valence-corrected chi connectivity index (χ1v) is 10.5. The van der Waals surface area contributed by atoms with Crippen LogP contribution in [0.3, 0.4) is 0 Å². The van der Waals surface area contributed by atoms with Crippen molar-refractivity contribution >= 4 is 22.4 Å². The zero-order valence-corrected chi connectivity index (χ0v) is 16.2. The smallest absolute Gasteiger partial charge is 0.257 e. The Morgan fingerprint density at radius 2 is 2.07 bits per heavy atom. The molecule has 0 radical (unpaired) electrons. The lowest BCUT2D eigenvalue weighted by molar-refractivity contribution is 0.0679. The molecule has 2 fully saturated rings. The van der Waals surface area contributed by atoms with Gasteiger partial charge in [-0.25, -0.2) is 4.98 Å². The van der Waals surface area contributed by atoms with E-state index in [1.54, 1.807) is 12.1 Å². The van der Waals surface area contributed by atoms with Gasteiger partial charge in [0.1, 0.15) is 12.4 Å². The second kappa shape index (κ2) is 8.82. The number of amides is 1. The van der Waals surface area contributed by atoms with E-state index in [1.165, 1.54) is 24.2 Å². The molecule has 1 aromatic heterocycles. The molecule has 7 heteroatoms. The van der Waals surface area contributed by atoms with Gasteiger partial charge in [-0.3, -0.25) is 15.0 Å². The van der Waals surface area contributed by atoms with Crippen LogP contribution in [0.4, 0.5) is 5.13 Å². The molecule has 144 valence electrons. The Hall–Kier alpha value is -1.96. The number of aromatic nitrogens is 1. The first-order valence-electron chi connectivity index (χ1n) is 9.59. The first-order chi connectivity index (χ1) is 13.3. The summed E-state index contributed by atoms with van der Waals surface area (Å²) in [6, 6.07) is 7.20. The van der Waals surface area contributed by atoms with Crippen molar-refractivity contribution in [2.45, 2.75) is 38.3 Å². The third kappa shape index (κ3) is 5.06. The van der Waals surface area contributed by atoms with E-state index >= 15 is 0 Å². The van der Waals surface area contributed by atoms with E-state index in [4.69, 9.17) is 9.47 Å². The number of likely N-dealkylation sites (tertiary alicyclic amines) is 1. The molecule has 2 aliphatic rings. The second-order valence-corrected chi connectivity index (χ2v) is 7.91. The highest BCUT2D eigenvalue weighted by atomic mass is 32.1. The maximum absolute atomic E-state index is 12.4. The van der Waals surface area contributed by atoms with Crippen LogP contribution in [0.25, 0.3) is 0 Å². The molecule has 1 atom stereocenters. The van der Waals surface area contributed by atoms with Crippen molar-refractivity contribution < 1.29 is 14.3 Å². The highest BCUT2D eigenvalue weighted by molar-refractivity contribution is 7.13. The van der Waals surface area contributed by atoms with Crippen LogP contribution in [0, 0.1) is 0 Å². The lowest BCUT2D eigenvalue weighted by atomic mass is 10.2. The molecule has 1 unspecified atom stereocenters. The summed E-state index contributed by atoms with van der Waals surface area (Å²) in [7, 11) is 0. The van der Waals surface area contributed by atoms with E-state index in [0.717, 1.165) is 50.5 Å². The fraction of sp³-hybridized carbons (Fsp3) is 0.500. The Morgan fingerprint density at radius 1 is 1.26 bits per heavy atom. The Kier molecular flexibility index (Phi) is 6.01. The number of thiazole rings is 1. The molecule has 6 nitrogen and oxygen atoms in total. The lowest BCUT2D eigenvalue weighted by Gasteiger charge is -2.12. The highest BCUT2D eigenvalue weighted by Crippen LogP contribution is 2.21. The van der Waals surface area contributed by atoms with Gasteiger partial charge in [-0.2, -0.15) is 0 Å². The van der Waals surface area contributed by atoms with Crippen molar-refractivity contribution in [3.63, 3.8) is 0 Å². The highest BCUT2D eigenvalue weighted by Gasteiger charge is 2.17. The summed E-state index contributed by atoms with van der Waals surface area (Å²) in [5.74, 6) is 0.604. The van der Waals surface area contributed by atoms with Gasteiger partial charge in [0, 0.05) is 24.1 Å². The Labute approximate surface area is 163 Å². The summed E-state index contributed by atoms with van der Waals surface area (Å²) >= 11 is 1.47. The predicted octanol–water partition coefficient (Wildman–Crippen LogP) is 3.55. The molecule has 0 saturated carbocycles. The number of carbonyl (C=O) groups is 1. The van der Waals surface area contributed by atoms with Crippen molar-refractivity contribution in [2.75, 3.05) is 31.6 Å². The summed E-state index contributed by atoms with van der Waals surface area (Å²) in [4.78, 5) is 19.4. The number of nitrogens with one attached hydrogen (secondary N) is 1. The number of nitrogens with zero attached hydrogens (tertiary/aromatic N) is 2. The van der Waals surface area contributed by atoms with Gasteiger partial charge in [0.2, 0.25) is 0 Å². The molecule has 2 aromatic rings. The third-order valence-electron chi connectivity index (χ3n) is 4.93. The molecule has 1 N–H and O–H groups in total. The van der Waals surface area contributed by atoms with Crippen molar-refractivity contribution in [1.29, 1.82) is 0 Å². The molecule has 4 rings (SSSR count). The lowest BCUT2D eigenvalue weighted by Crippen LogP contribution is -2.18. The van der Waals surface area contributed by atoms with E-state index in [9.17, 15) is 4.79 Å². The fourth-order valence-electron chi connectivity index (χ4n) is 3.44. The van der Waals surface area contributed by atoms with Crippen molar-refractivity contribution in [2.24, 2.45) is 0 Å². The number of ether oxygens (including phenoxy) is 2. The number of carbonyl (C=O) groups excluding carboxylic acids is 1. The topological polar surface area (TPSA) is 63.7 Å². The molecule has 0 aliphatic carbocycles. The molecule has 2 aliphatic heterocycles. The van der Waals surface area contributed by atoms with Crippen molar-refractivity contribution in [3.8, 4) is 5.75 Å². The zero-order chi connectivity index (χ0) is 18.5. The average Bonchev–Trinajstić information content (AvgIpc) is 3.44. The molecular weight excluding hydrogens is 362 g/mol. The van der Waals surface area contributed by atoms with E-state index < -0.39 is 0 Å². The number of rotatable bonds is 7. The van der Waals surface area contributed by atoms with Gasteiger partial charge in [0.25, 0.3) is 5.91 Å². The molecule has 2 saturated heterocycles. The van der Waals surface area contributed by atoms with Crippen molar-refractivity contribution in [1.82, 2.24) is 9.88 Å². The van der Waals surface area contributed by atoms with Crippen LogP contribution >= 0.6 is 11.3 Å². The van der Waals surface area contributed by atoms with E-state index in [-0.39, 0.29) is 12.0 Å². The van der Waals surface area contributed by atoms with Crippen LogP contribution in [0.5, 0.6) is 5.75 Å². The summed E-state index contributed by atoms with van der Waals surface area (Å²) in [5.41, 5.74) is 1.62. The van der Waals surface area contributed by atoms with Gasteiger partial charge in [-0.15, -0.1) is 11.3 Å². The largest absolute Gasteiger partial charge is 0.491 e. The molecule has 1 amide bonds. The quantitative estimate of drug-likeness (QED) is 0.787. The monoisotopic (exact) mass is 387 g/mol. The second-order valence-electron chi connectivity index (χ2n) is 7.05. The molecule has 0 bridgehead atoms. The zero-order valence-electron chi connectivity index (χ0n) is 15.4. The van der Waals surface area contributed by atoms with Gasteiger partial charge in [0.05, 0.1) is 11.8 Å². The number of hydrogen-bond donors (Lipinski definition) is 1. The molecule has 0 spiro atoms. The summed E-state index contributed by atoms with van der Waals surface area (Å²) in [5, 5.41) is 5.56. The fourth-order valence-corrected chi connectivity index (χ4v) is 4.14. The van der Waals surface area contributed by atoms with Crippen LogP contribution in [0.15, 0.2) is 29.6 Å². The predicted molar refractivity (Wildman–Crippen MR) is 105 cm³/mol. The van der Waals surface area contributed by atoms with Crippen LogP contribution in [0.2, 0.25) is 0 Å². The maximum atomic E-state index is 12.4. The number of benzene rings is 1. The van der Waals surface area contributed by atoms with E-state index in [1.807, 2.05) is 17.5 Å². The molecule has 27 heavy (non-hydrogen) atoms. The molecule has 1 aromatic carbocycles. The van der Waals surface area contributed by atoms with Crippen LogP contribution < -0.4 is 10.1 Å². The summed E-state index contributed by atoms with van der Waals surface area (Å²) in [6.45, 7) is 4.53. The minimum absolute atomic E-state index is 0.150. The van der Waals surface area contributed by atoms with E-state index in [0.29, 0.717) is 17.3 Å². The van der Waals surface area contributed by atoms with Crippen LogP contribution in [-0.4, -0.2) is 48.2 Å². The van der Waals surface area contributed by atoms with Gasteiger partial charge in [-0.1, -0.05) is 0 Å².